The molecular formula is C17H23IN4O2. The van der Waals surface area contributed by atoms with Crippen molar-refractivity contribution in [2.75, 3.05) is 27.2 Å². The van der Waals surface area contributed by atoms with Crippen LogP contribution in [0.25, 0.3) is 0 Å². The van der Waals surface area contributed by atoms with E-state index in [0.29, 0.717) is 18.7 Å². The highest BCUT2D eigenvalue weighted by Crippen LogP contribution is 2.24. The van der Waals surface area contributed by atoms with E-state index in [1.807, 2.05) is 12.1 Å². The summed E-state index contributed by atoms with van der Waals surface area (Å²) in [6.45, 7) is 4.05. The van der Waals surface area contributed by atoms with Crippen molar-refractivity contribution in [1.82, 2.24) is 10.2 Å². The molecule has 7 heteroatoms. The zero-order chi connectivity index (χ0) is 16.8. The molecule has 1 aromatic carbocycles. The fourth-order valence-electron chi connectivity index (χ4n) is 2.81. The highest BCUT2D eigenvalue weighted by atomic mass is 127. The average Bonchev–Trinajstić information content (AvgIpc) is 2.97. The molecule has 130 valence electrons. The van der Waals surface area contributed by atoms with Crippen molar-refractivity contribution in [3.63, 3.8) is 0 Å². The SMILES string of the molecule is CN=C(NCc1ccc(C#N)cc1)N1CC(C)C(C(=O)OC)C1.I. The van der Waals surface area contributed by atoms with E-state index in [-0.39, 0.29) is 41.8 Å². The van der Waals surface area contributed by atoms with Crippen LogP contribution >= 0.6 is 24.0 Å². The van der Waals surface area contributed by atoms with Gasteiger partial charge in [0.1, 0.15) is 0 Å². The second-order valence-corrected chi connectivity index (χ2v) is 5.72. The number of methoxy groups -OCH3 is 1. The molecule has 1 aromatic rings. The lowest BCUT2D eigenvalue weighted by Gasteiger charge is -2.21. The second kappa shape index (κ2) is 9.47. The lowest BCUT2D eigenvalue weighted by molar-refractivity contribution is -0.145. The third-order valence-corrected chi connectivity index (χ3v) is 4.16. The molecule has 0 amide bonds. The lowest BCUT2D eigenvalue weighted by atomic mass is 9.99. The Balaban J connectivity index is 0.00000288. The third-order valence-electron chi connectivity index (χ3n) is 4.16. The van der Waals surface area contributed by atoms with Gasteiger partial charge in [0.25, 0.3) is 0 Å². The number of halogens is 1. The van der Waals surface area contributed by atoms with Crippen LogP contribution in [0.5, 0.6) is 0 Å². The number of hydrogen-bond acceptors (Lipinski definition) is 4. The topological polar surface area (TPSA) is 77.7 Å². The fourth-order valence-corrected chi connectivity index (χ4v) is 2.81. The molecule has 1 heterocycles. The summed E-state index contributed by atoms with van der Waals surface area (Å²) in [7, 11) is 3.16. The van der Waals surface area contributed by atoms with Crippen LogP contribution in [0.2, 0.25) is 0 Å². The first-order valence-corrected chi connectivity index (χ1v) is 7.61. The summed E-state index contributed by atoms with van der Waals surface area (Å²) in [6.07, 6.45) is 0. The first-order chi connectivity index (χ1) is 11.1. The van der Waals surface area contributed by atoms with Gasteiger partial charge in [-0.05, 0) is 23.6 Å². The van der Waals surface area contributed by atoms with E-state index in [0.717, 1.165) is 18.1 Å². The van der Waals surface area contributed by atoms with Gasteiger partial charge in [-0.25, -0.2) is 0 Å². The number of carbonyl (C=O) groups is 1. The Bertz CT molecular complexity index is 624. The maximum Gasteiger partial charge on any atom is 0.310 e. The molecule has 0 radical (unpaired) electrons. The number of esters is 1. The van der Waals surface area contributed by atoms with E-state index >= 15 is 0 Å². The Hall–Kier alpha value is -1.82. The molecule has 0 spiro atoms. The second-order valence-electron chi connectivity index (χ2n) is 5.72. The molecule has 1 saturated heterocycles. The van der Waals surface area contributed by atoms with Gasteiger partial charge in [-0.3, -0.25) is 9.79 Å². The molecule has 24 heavy (non-hydrogen) atoms. The van der Waals surface area contributed by atoms with E-state index in [4.69, 9.17) is 10.00 Å². The van der Waals surface area contributed by atoms with Crippen molar-refractivity contribution in [2.24, 2.45) is 16.8 Å². The smallest absolute Gasteiger partial charge is 0.310 e. The van der Waals surface area contributed by atoms with E-state index < -0.39 is 0 Å². The summed E-state index contributed by atoms with van der Waals surface area (Å²) in [4.78, 5) is 18.2. The van der Waals surface area contributed by atoms with Gasteiger partial charge in [-0.2, -0.15) is 5.26 Å². The van der Waals surface area contributed by atoms with Crippen LogP contribution in [0.1, 0.15) is 18.1 Å². The van der Waals surface area contributed by atoms with Gasteiger partial charge in [-0.1, -0.05) is 19.1 Å². The van der Waals surface area contributed by atoms with E-state index in [1.54, 1.807) is 19.2 Å². The number of ether oxygens (including phenoxy) is 1. The van der Waals surface area contributed by atoms with Crippen molar-refractivity contribution >= 4 is 35.9 Å². The van der Waals surface area contributed by atoms with Crippen LogP contribution in [0.3, 0.4) is 0 Å². The summed E-state index contributed by atoms with van der Waals surface area (Å²) >= 11 is 0. The zero-order valence-electron chi connectivity index (χ0n) is 14.2. The highest BCUT2D eigenvalue weighted by molar-refractivity contribution is 14.0. The Labute approximate surface area is 159 Å². The van der Waals surface area contributed by atoms with E-state index in [1.165, 1.54) is 7.11 Å². The van der Waals surface area contributed by atoms with Crippen molar-refractivity contribution in [3.05, 3.63) is 35.4 Å². The van der Waals surface area contributed by atoms with Crippen LogP contribution in [0, 0.1) is 23.2 Å². The number of nitrogens with one attached hydrogen (secondary N) is 1. The Morgan fingerprint density at radius 1 is 1.42 bits per heavy atom. The molecule has 2 unspecified atom stereocenters. The monoisotopic (exact) mass is 442 g/mol. The minimum Gasteiger partial charge on any atom is -0.469 e. The standard InChI is InChI=1S/C17H22N4O2.HI/c1-12-10-21(11-15(12)16(22)23-3)17(19-2)20-9-14-6-4-13(8-18)5-7-14;/h4-7,12,15H,9-11H2,1-3H3,(H,19,20);1H. The number of carbonyl (C=O) groups excluding carboxylic acids is 1. The van der Waals surface area contributed by atoms with Crippen LogP contribution in [-0.2, 0) is 16.1 Å². The van der Waals surface area contributed by atoms with Crippen molar-refractivity contribution in [2.45, 2.75) is 13.5 Å². The highest BCUT2D eigenvalue weighted by Gasteiger charge is 2.36. The number of hydrogen-bond donors (Lipinski definition) is 1. The van der Waals surface area contributed by atoms with Gasteiger partial charge < -0.3 is 15.0 Å². The van der Waals surface area contributed by atoms with Crippen LogP contribution in [0.15, 0.2) is 29.3 Å². The van der Waals surface area contributed by atoms with Crippen LogP contribution < -0.4 is 5.32 Å². The molecule has 1 aliphatic heterocycles. The molecule has 0 aliphatic carbocycles. The van der Waals surface area contributed by atoms with Crippen LogP contribution in [-0.4, -0.2) is 44.1 Å². The minimum atomic E-state index is -0.164. The molecule has 1 N–H and O–H groups in total. The van der Waals surface area contributed by atoms with Crippen LogP contribution in [0.4, 0.5) is 0 Å². The lowest BCUT2D eigenvalue weighted by Crippen LogP contribution is -2.40. The summed E-state index contributed by atoms with van der Waals surface area (Å²) in [5.41, 5.74) is 1.72. The van der Waals surface area contributed by atoms with E-state index in [2.05, 4.69) is 28.2 Å². The van der Waals surface area contributed by atoms with Gasteiger partial charge in [-0.15, -0.1) is 24.0 Å². The van der Waals surface area contributed by atoms with Gasteiger partial charge in [0.15, 0.2) is 5.96 Å². The molecule has 1 fully saturated rings. The van der Waals surface area contributed by atoms with Gasteiger partial charge >= 0.3 is 5.97 Å². The summed E-state index contributed by atoms with van der Waals surface area (Å²) in [5, 5.41) is 12.1. The third kappa shape index (κ3) is 4.84. The normalized spacial score (nSPS) is 20.1. The molecule has 2 rings (SSSR count). The molecule has 0 saturated carbocycles. The summed E-state index contributed by atoms with van der Waals surface area (Å²) in [5.74, 6) is 0.722. The zero-order valence-corrected chi connectivity index (χ0v) is 16.5. The Morgan fingerprint density at radius 3 is 2.62 bits per heavy atom. The molecule has 0 aromatic heterocycles. The number of benzene rings is 1. The minimum absolute atomic E-state index is 0. The van der Waals surface area contributed by atoms with Gasteiger partial charge in [0.2, 0.25) is 0 Å². The Kier molecular flexibility index (Phi) is 7.98. The Morgan fingerprint density at radius 2 is 2.08 bits per heavy atom. The van der Waals surface area contributed by atoms with Crippen molar-refractivity contribution in [1.29, 1.82) is 5.26 Å². The molecule has 6 nitrogen and oxygen atoms in total. The number of nitriles is 1. The van der Waals surface area contributed by atoms with Crippen molar-refractivity contribution < 1.29 is 9.53 Å². The quantitative estimate of drug-likeness (QED) is 0.336. The van der Waals surface area contributed by atoms with Gasteiger partial charge in [0.05, 0.1) is 24.7 Å². The molecule has 2 atom stereocenters. The molecule has 1 aliphatic rings. The molecular weight excluding hydrogens is 419 g/mol. The largest absolute Gasteiger partial charge is 0.469 e. The maximum absolute atomic E-state index is 11.8. The number of guanidine groups is 1. The predicted molar refractivity (Wildman–Crippen MR) is 103 cm³/mol. The number of aliphatic imine (C=N–C) groups is 1. The summed E-state index contributed by atoms with van der Waals surface area (Å²) < 4.78 is 4.87. The molecule has 0 bridgehead atoms. The fraction of sp³-hybridized carbons (Fsp3) is 0.471. The number of nitrogens with zero attached hydrogens (tertiary/aromatic N) is 3. The first kappa shape index (κ1) is 20.2. The first-order valence-electron chi connectivity index (χ1n) is 7.61. The number of rotatable bonds is 3. The maximum atomic E-state index is 11.8. The summed E-state index contributed by atoms with van der Waals surface area (Å²) in [6, 6.07) is 9.54. The van der Waals surface area contributed by atoms with E-state index in [9.17, 15) is 4.79 Å². The predicted octanol–water partition coefficient (Wildman–Crippen LogP) is 1.99. The average molecular weight is 442 g/mol. The van der Waals surface area contributed by atoms with Gasteiger partial charge in [0, 0.05) is 26.7 Å². The number of likely N-dealkylation sites (tertiary alicyclic amines) is 1. The van der Waals surface area contributed by atoms with Crippen molar-refractivity contribution in [3.8, 4) is 6.07 Å².